The molecule has 2 atom stereocenters. The molecule has 2 rings (SSSR count). The predicted molar refractivity (Wildman–Crippen MR) is 68.5 cm³/mol. The lowest BCUT2D eigenvalue weighted by Gasteiger charge is -2.36. The molecule has 2 nitrogen and oxygen atoms in total. The van der Waals surface area contributed by atoms with Crippen LogP contribution in [0.5, 0.6) is 0 Å². The minimum Gasteiger partial charge on any atom is -0.311 e. The summed E-state index contributed by atoms with van der Waals surface area (Å²) in [5.74, 6) is 4.53. The summed E-state index contributed by atoms with van der Waals surface area (Å²) >= 11 is 2.14. The first-order valence-corrected chi connectivity index (χ1v) is 7.44. The maximum absolute atomic E-state index is 3.63. The summed E-state index contributed by atoms with van der Waals surface area (Å²) < 4.78 is 0. The Morgan fingerprint density at radius 2 is 2.33 bits per heavy atom. The van der Waals surface area contributed by atoms with Gasteiger partial charge in [-0.25, -0.2) is 0 Å². The van der Waals surface area contributed by atoms with Crippen LogP contribution in [0.15, 0.2) is 0 Å². The highest BCUT2D eigenvalue weighted by Gasteiger charge is 2.25. The van der Waals surface area contributed by atoms with Crippen LogP contribution in [0.1, 0.15) is 20.3 Å². The molecule has 3 heteroatoms. The molecule has 0 aliphatic carbocycles. The van der Waals surface area contributed by atoms with Gasteiger partial charge in [-0.05, 0) is 29.8 Å². The second kappa shape index (κ2) is 5.55. The number of hydrogen-bond donors (Lipinski definition) is 1. The van der Waals surface area contributed by atoms with E-state index < -0.39 is 0 Å². The van der Waals surface area contributed by atoms with Crippen LogP contribution in [-0.2, 0) is 0 Å². The van der Waals surface area contributed by atoms with Gasteiger partial charge in [0.15, 0.2) is 0 Å². The predicted octanol–water partition coefficient (Wildman–Crippen LogP) is 1.67. The van der Waals surface area contributed by atoms with E-state index in [1.807, 2.05) is 0 Å². The Kier molecular flexibility index (Phi) is 4.35. The molecule has 88 valence electrons. The summed E-state index contributed by atoms with van der Waals surface area (Å²) in [6.07, 6.45) is 1.45. The van der Waals surface area contributed by atoms with Crippen LogP contribution in [0.4, 0.5) is 0 Å². The van der Waals surface area contributed by atoms with Crippen molar-refractivity contribution in [3.63, 3.8) is 0 Å². The van der Waals surface area contributed by atoms with Crippen LogP contribution in [-0.4, -0.2) is 48.6 Å². The smallest absolute Gasteiger partial charge is 0.0218 e. The molecule has 15 heavy (non-hydrogen) atoms. The fourth-order valence-corrected chi connectivity index (χ4v) is 3.82. The quantitative estimate of drug-likeness (QED) is 0.791. The molecule has 2 fully saturated rings. The van der Waals surface area contributed by atoms with Crippen LogP contribution in [0.25, 0.3) is 0 Å². The number of hydrogen-bond acceptors (Lipinski definition) is 3. The van der Waals surface area contributed by atoms with Gasteiger partial charge in [-0.2, -0.15) is 11.8 Å². The largest absolute Gasteiger partial charge is 0.311 e. The molecule has 0 radical (unpaired) electrons. The molecule has 2 saturated heterocycles. The highest BCUT2D eigenvalue weighted by molar-refractivity contribution is 7.99. The Balaban J connectivity index is 1.76. The molecule has 0 aromatic heterocycles. The van der Waals surface area contributed by atoms with Gasteiger partial charge < -0.3 is 10.2 Å². The normalized spacial score (nSPS) is 33.8. The SMILES string of the molecule is CC(C)C1CN(CC2CCSC2)CCN1. The summed E-state index contributed by atoms with van der Waals surface area (Å²) in [5.41, 5.74) is 0. The van der Waals surface area contributed by atoms with Crippen LogP contribution in [0, 0.1) is 11.8 Å². The highest BCUT2D eigenvalue weighted by atomic mass is 32.2. The third-order valence-corrected chi connectivity index (χ3v) is 4.87. The molecule has 0 bridgehead atoms. The second-order valence-corrected chi connectivity index (χ2v) is 6.44. The van der Waals surface area contributed by atoms with Gasteiger partial charge in [0.2, 0.25) is 0 Å². The summed E-state index contributed by atoms with van der Waals surface area (Å²) in [7, 11) is 0. The summed E-state index contributed by atoms with van der Waals surface area (Å²) in [4.78, 5) is 2.68. The zero-order valence-corrected chi connectivity index (χ0v) is 10.9. The van der Waals surface area contributed by atoms with Crippen molar-refractivity contribution in [1.29, 1.82) is 0 Å². The number of nitrogens with one attached hydrogen (secondary N) is 1. The third kappa shape index (κ3) is 3.36. The first-order chi connectivity index (χ1) is 7.25. The number of nitrogens with zero attached hydrogens (tertiary/aromatic N) is 1. The summed E-state index contributed by atoms with van der Waals surface area (Å²) in [6, 6.07) is 0.716. The maximum Gasteiger partial charge on any atom is 0.0218 e. The van der Waals surface area contributed by atoms with Crippen molar-refractivity contribution in [2.45, 2.75) is 26.3 Å². The Bertz CT molecular complexity index is 188. The van der Waals surface area contributed by atoms with Crippen molar-refractivity contribution in [3.05, 3.63) is 0 Å². The van der Waals surface area contributed by atoms with Crippen molar-refractivity contribution in [3.8, 4) is 0 Å². The molecule has 0 aromatic rings. The third-order valence-electron chi connectivity index (χ3n) is 3.63. The molecule has 2 aliphatic rings. The molecule has 0 saturated carbocycles. The molecule has 2 aliphatic heterocycles. The summed E-state index contributed by atoms with van der Waals surface area (Å²) in [6.45, 7) is 9.70. The molecule has 0 aromatic carbocycles. The minimum atomic E-state index is 0.716. The number of rotatable bonds is 3. The van der Waals surface area contributed by atoms with Crippen molar-refractivity contribution < 1.29 is 0 Å². The monoisotopic (exact) mass is 228 g/mol. The van der Waals surface area contributed by atoms with E-state index >= 15 is 0 Å². The van der Waals surface area contributed by atoms with E-state index in [1.165, 1.54) is 44.1 Å². The zero-order valence-electron chi connectivity index (χ0n) is 10.0. The molecule has 2 heterocycles. The fourth-order valence-electron chi connectivity index (χ4n) is 2.55. The average molecular weight is 228 g/mol. The molecular weight excluding hydrogens is 204 g/mol. The summed E-state index contributed by atoms with van der Waals surface area (Å²) in [5, 5.41) is 3.63. The molecule has 1 N–H and O–H groups in total. The van der Waals surface area contributed by atoms with E-state index in [4.69, 9.17) is 0 Å². The molecular formula is C12H24N2S. The van der Waals surface area contributed by atoms with E-state index in [-0.39, 0.29) is 0 Å². The van der Waals surface area contributed by atoms with Gasteiger partial charge in [0, 0.05) is 32.2 Å². The van der Waals surface area contributed by atoms with E-state index in [0.717, 1.165) is 11.8 Å². The van der Waals surface area contributed by atoms with Crippen molar-refractivity contribution >= 4 is 11.8 Å². The van der Waals surface area contributed by atoms with E-state index in [9.17, 15) is 0 Å². The Morgan fingerprint density at radius 3 is 3.00 bits per heavy atom. The Morgan fingerprint density at radius 1 is 1.47 bits per heavy atom. The zero-order chi connectivity index (χ0) is 10.7. The van der Waals surface area contributed by atoms with E-state index in [1.54, 1.807) is 0 Å². The lowest BCUT2D eigenvalue weighted by atomic mass is 10.0. The van der Waals surface area contributed by atoms with Crippen molar-refractivity contribution in [2.24, 2.45) is 11.8 Å². The Labute approximate surface area is 98.2 Å². The Hall–Kier alpha value is 0.270. The van der Waals surface area contributed by atoms with Crippen LogP contribution in [0.3, 0.4) is 0 Å². The van der Waals surface area contributed by atoms with Crippen LogP contribution >= 0.6 is 11.8 Å². The van der Waals surface area contributed by atoms with Crippen LogP contribution in [0.2, 0.25) is 0 Å². The highest BCUT2D eigenvalue weighted by Crippen LogP contribution is 2.24. The number of thioether (sulfide) groups is 1. The maximum atomic E-state index is 3.63. The standard InChI is InChI=1S/C12H24N2S/c1-10(2)12-8-14(5-4-13-12)7-11-3-6-15-9-11/h10-13H,3-9H2,1-2H3. The van der Waals surface area contributed by atoms with Gasteiger partial charge in [-0.15, -0.1) is 0 Å². The average Bonchev–Trinajstić information content (AvgIpc) is 2.71. The van der Waals surface area contributed by atoms with Crippen LogP contribution < -0.4 is 5.32 Å². The lowest BCUT2D eigenvalue weighted by Crippen LogP contribution is -2.53. The van der Waals surface area contributed by atoms with Gasteiger partial charge >= 0.3 is 0 Å². The van der Waals surface area contributed by atoms with Gasteiger partial charge in [0.1, 0.15) is 0 Å². The van der Waals surface area contributed by atoms with Crippen molar-refractivity contribution in [1.82, 2.24) is 10.2 Å². The first kappa shape index (κ1) is 11.7. The van der Waals surface area contributed by atoms with Crippen molar-refractivity contribution in [2.75, 3.05) is 37.7 Å². The fraction of sp³-hybridized carbons (Fsp3) is 1.00. The van der Waals surface area contributed by atoms with E-state index in [2.05, 4.69) is 35.8 Å². The number of piperazine rings is 1. The van der Waals surface area contributed by atoms with Gasteiger partial charge in [-0.3, -0.25) is 0 Å². The van der Waals surface area contributed by atoms with Gasteiger partial charge in [-0.1, -0.05) is 13.8 Å². The first-order valence-electron chi connectivity index (χ1n) is 6.29. The molecule has 0 amide bonds. The topological polar surface area (TPSA) is 15.3 Å². The second-order valence-electron chi connectivity index (χ2n) is 5.29. The van der Waals surface area contributed by atoms with Gasteiger partial charge in [0.05, 0.1) is 0 Å². The lowest BCUT2D eigenvalue weighted by molar-refractivity contribution is 0.158. The molecule has 0 spiro atoms. The van der Waals surface area contributed by atoms with Gasteiger partial charge in [0.25, 0.3) is 0 Å². The van der Waals surface area contributed by atoms with E-state index in [0.29, 0.717) is 6.04 Å². The molecule has 2 unspecified atom stereocenters. The minimum absolute atomic E-state index is 0.716.